The van der Waals surface area contributed by atoms with Gasteiger partial charge in [-0.3, -0.25) is 4.79 Å². The number of carbonyl (C=O) groups is 1. The number of amides is 1. The van der Waals surface area contributed by atoms with Crippen molar-refractivity contribution < 1.29 is 22.7 Å². The van der Waals surface area contributed by atoms with E-state index in [-0.39, 0.29) is 28.0 Å². The fourth-order valence-electron chi connectivity index (χ4n) is 1.63. The number of rotatable bonds is 4. The Labute approximate surface area is 126 Å². The largest absolute Gasteiger partial charge is 0.486 e. The van der Waals surface area contributed by atoms with E-state index < -0.39 is 23.4 Å². The van der Waals surface area contributed by atoms with E-state index in [9.17, 15) is 18.0 Å². The van der Waals surface area contributed by atoms with Gasteiger partial charge >= 0.3 is 0 Å². The summed E-state index contributed by atoms with van der Waals surface area (Å²) in [7, 11) is 0. The Bertz CT molecular complexity index is 707. The van der Waals surface area contributed by atoms with Crippen molar-refractivity contribution in [2.45, 2.75) is 6.61 Å². The molecule has 0 radical (unpaired) electrons. The van der Waals surface area contributed by atoms with Crippen molar-refractivity contribution in [3.8, 4) is 5.75 Å². The third-order valence-corrected chi connectivity index (χ3v) is 3.13. The molecule has 0 saturated heterocycles. The second kappa shape index (κ2) is 6.17. The minimum absolute atomic E-state index is 0.00563. The van der Waals surface area contributed by atoms with Crippen molar-refractivity contribution in [3.63, 3.8) is 0 Å². The van der Waals surface area contributed by atoms with Crippen molar-refractivity contribution in [2.24, 2.45) is 5.73 Å². The van der Waals surface area contributed by atoms with Crippen molar-refractivity contribution in [1.82, 2.24) is 0 Å². The highest BCUT2D eigenvalue weighted by atomic mass is 79.9. The first-order valence-corrected chi connectivity index (χ1v) is 6.53. The van der Waals surface area contributed by atoms with E-state index in [1.165, 1.54) is 18.2 Å². The average molecular weight is 360 g/mol. The number of ether oxygens (including phenoxy) is 1. The molecule has 0 atom stereocenters. The third-order valence-electron chi connectivity index (χ3n) is 2.67. The van der Waals surface area contributed by atoms with E-state index in [4.69, 9.17) is 10.5 Å². The molecule has 0 saturated carbocycles. The molecule has 2 aromatic carbocycles. The van der Waals surface area contributed by atoms with Gasteiger partial charge in [0.2, 0.25) is 11.7 Å². The predicted molar refractivity (Wildman–Crippen MR) is 73.3 cm³/mol. The first kappa shape index (κ1) is 15.4. The Kier molecular flexibility index (Phi) is 4.52. The summed E-state index contributed by atoms with van der Waals surface area (Å²) in [5.74, 6) is -4.01. The molecule has 3 nitrogen and oxygen atoms in total. The van der Waals surface area contributed by atoms with Crippen LogP contribution in [-0.2, 0) is 6.61 Å². The van der Waals surface area contributed by atoms with Gasteiger partial charge in [0.05, 0.1) is 0 Å². The van der Waals surface area contributed by atoms with E-state index in [1.54, 1.807) is 0 Å². The minimum atomic E-state index is -1.18. The molecule has 0 bridgehead atoms. The standard InChI is InChI=1S/C14H9BrF3NO2/c15-9-4-11(17)13(18)12(5-9)21-6-8-3-7(14(19)20)1-2-10(8)16/h1-5H,6H2,(H2,19,20). The van der Waals surface area contributed by atoms with Gasteiger partial charge < -0.3 is 10.5 Å². The summed E-state index contributed by atoms with van der Waals surface area (Å²) in [4.78, 5) is 11.0. The van der Waals surface area contributed by atoms with Gasteiger partial charge in [-0.25, -0.2) is 8.78 Å². The fraction of sp³-hybridized carbons (Fsp3) is 0.0714. The summed E-state index contributed by atoms with van der Waals surface area (Å²) >= 11 is 3.00. The lowest BCUT2D eigenvalue weighted by Crippen LogP contribution is -2.12. The first-order valence-electron chi connectivity index (χ1n) is 5.74. The van der Waals surface area contributed by atoms with Gasteiger partial charge in [0.25, 0.3) is 0 Å². The molecule has 0 unspecified atom stereocenters. The zero-order chi connectivity index (χ0) is 15.6. The van der Waals surface area contributed by atoms with E-state index in [1.807, 2.05) is 0 Å². The van der Waals surface area contributed by atoms with Gasteiger partial charge in [0.15, 0.2) is 11.6 Å². The van der Waals surface area contributed by atoms with Crippen molar-refractivity contribution in [2.75, 3.05) is 0 Å². The second-order valence-corrected chi connectivity index (χ2v) is 5.07. The Morgan fingerprint density at radius 2 is 1.86 bits per heavy atom. The van der Waals surface area contributed by atoms with Crippen LogP contribution in [0.2, 0.25) is 0 Å². The molecular formula is C14H9BrF3NO2. The normalized spacial score (nSPS) is 10.5. The molecule has 21 heavy (non-hydrogen) atoms. The highest BCUT2D eigenvalue weighted by molar-refractivity contribution is 9.10. The van der Waals surface area contributed by atoms with Crippen LogP contribution in [0.5, 0.6) is 5.75 Å². The molecule has 2 rings (SSSR count). The number of halogens is 4. The molecule has 2 aromatic rings. The summed E-state index contributed by atoms with van der Waals surface area (Å²) in [6.07, 6.45) is 0. The quantitative estimate of drug-likeness (QED) is 0.848. The molecule has 0 fully saturated rings. The van der Waals surface area contributed by atoms with Crippen LogP contribution in [0.3, 0.4) is 0 Å². The van der Waals surface area contributed by atoms with Crippen LogP contribution in [0.1, 0.15) is 15.9 Å². The van der Waals surface area contributed by atoms with Crippen LogP contribution in [0.25, 0.3) is 0 Å². The zero-order valence-electron chi connectivity index (χ0n) is 10.5. The molecular weight excluding hydrogens is 351 g/mol. The van der Waals surface area contributed by atoms with Crippen LogP contribution < -0.4 is 10.5 Å². The van der Waals surface area contributed by atoms with Gasteiger partial charge in [0.1, 0.15) is 12.4 Å². The van der Waals surface area contributed by atoms with Crippen LogP contribution in [-0.4, -0.2) is 5.91 Å². The molecule has 110 valence electrons. The SMILES string of the molecule is NC(=O)c1ccc(F)c(COc2cc(Br)cc(F)c2F)c1. The summed E-state index contributed by atoms with van der Waals surface area (Å²) in [5, 5.41) is 0. The van der Waals surface area contributed by atoms with Crippen LogP contribution >= 0.6 is 15.9 Å². The second-order valence-electron chi connectivity index (χ2n) is 4.16. The molecule has 0 aliphatic heterocycles. The number of carbonyl (C=O) groups excluding carboxylic acids is 1. The minimum Gasteiger partial charge on any atom is -0.486 e. The van der Waals surface area contributed by atoms with Crippen LogP contribution in [0.15, 0.2) is 34.8 Å². The van der Waals surface area contributed by atoms with Gasteiger partial charge in [-0.1, -0.05) is 15.9 Å². The zero-order valence-corrected chi connectivity index (χ0v) is 12.1. The van der Waals surface area contributed by atoms with Gasteiger partial charge in [-0.15, -0.1) is 0 Å². The lowest BCUT2D eigenvalue weighted by atomic mass is 10.1. The molecule has 1 amide bonds. The maximum Gasteiger partial charge on any atom is 0.248 e. The van der Waals surface area contributed by atoms with Gasteiger partial charge in [0, 0.05) is 15.6 Å². The fourth-order valence-corrected chi connectivity index (χ4v) is 2.04. The Morgan fingerprint density at radius 3 is 2.52 bits per heavy atom. The topological polar surface area (TPSA) is 52.3 Å². The lowest BCUT2D eigenvalue weighted by molar-refractivity contribution is 0.1000. The number of hydrogen-bond donors (Lipinski definition) is 1. The number of benzene rings is 2. The molecule has 0 spiro atoms. The molecule has 0 aromatic heterocycles. The van der Waals surface area contributed by atoms with E-state index in [0.29, 0.717) is 0 Å². The van der Waals surface area contributed by atoms with E-state index in [0.717, 1.165) is 12.1 Å². The highest BCUT2D eigenvalue weighted by Crippen LogP contribution is 2.26. The number of hydrogen-bond acceptors (Lipinski definition) is 2. The molecule has 0 aliphatic rings. The summed E-state index contributed by atoms with van der Waals surface area (Å²) < 4.78 is 45.6. The van der Waals surface area contributed by atoms with Gasteiger partial charge in [-0.2, -0.15) is 4.39 Å². The number of nitrogens with two attached hydrogens (primary N) is 1. The molecule has 0 aliphatic carbocycles. The average Bonchev–Trinajstić information content (AvgIpc) is 2.42. The van der Waals surface area contributed by atoms with Crippen molar-refractivity contribution >= 4 is 21.8 Å². The molecule has 2 N–H and O–H groups in total. The van der Waals surface area contributed by atoms with Crippen molar-refractivity contribution in [3.05, 3.63) is 63.4 Å². The highest BCUT2D eigenvalue weighted by Gasteiger charge is 2.13. The predicted octanol–water partition coefficient (Wildman–Crippen LogP) is 3.54. The Balaban J connectivity index is 2.24. The monoisotopic (exact) mass is 359 g/mol. The van der Waals surface area contributed by atoms with Crippen LogP contribution in [0, 0.1) is 17.5 Å². The summed E-state index contributed by atoms with van der Waals surface area (Å²) in [6.45, 7) is -0.375. The molecule has 0 heterocycles. The summed E-state index contributed by atoms with van der Waals surface area (Å²) in [5.41, 5.74) is 5.18. The maximum absolute atomic E-state index is 13.6. The third kappa shape index (κ3) is 3.55. The molecule has 7 heteroatoms. The van der Waals surface area contributed by atoms with Crippen molar-refractivity contribution in [1.29, 1.82) is 0 Å². The Hall–Kier alpha value is -2.02. The lowest BCUT2D eigenvalue weighted by Gasteiger charge is -2.10. The van der Waals surface area contributed by atoms with E-state index in [2.05, 4.69) is 15.9 Å². The maximum atomic E-state index is 13.6. The van der Waals surface area contributed by atoms with E-state index >= 15 is 0 Å². The summed E-state index contributed by atoms with van der Waals surface area (Å²) in [6, 6.07) is 5.63. The van der Waals surface area contributed by atoms with Gasteiger partial charge in [-0.05, 0) is 30.3 Å². The number of primary amides is 1. The smallest absolute Gasteiger partial charge is 0.248 e. The van der Waals surface area contributed by atoms with Crippen LogP contribution in [0.4, 0.5) is 13.2 Å². The Morgan fingerprint density at radius 1 is 1.14 bits per heavy atom. The first-order chi connectivity index (χ1) is 9.88.